The molecule has 0 atom stereocenters. The maximum Gasteiger partial charge on any atom is 0.238 e. The van der Waals surface area contributed by atoms with E-state index in [9.17, 15) is 8.42 Å². The Morgan fingerprint density at radius 2 is 1.96 bits per heavy atom. The van der Waals surface area contributed by atoms with Gasteiger partial charge in [0.15, 0.2) is 5.96 Å². The van der Waals surface area contributed by atoms with Gasteiger partial charge in [-0.3, -0.25) is 0 Å². The van der Waals surface area contributed by atoms with Gasteiger partial charge in [0.05, 0.1) is 11.4 Å². The highest BCUT2D eigenvalue weighted by molar-refractivity contribution is 14.0. The van der Waals surface area contributed by atoms with Crippen LogP contribution in [-0.4, -0.2) is 41.7 Å². The van der Waals surface area contributed by atoms with Gasteiger partial charge in [-0.1, -0.05) is 19.1 Å². The second-order valence-corrected chi connectivity index (χ2v) is 7.94. The smallest absolute Gasteiger partial charge is 0.238 e. The third-order valence-corrected chi connectivity index (χ3v) is 4.68. The molecule has 0 unspecified atom stereocenters. The molecule has 0 radical (unpaired) electrons. The molecule has 9 nitrogen and oxygen atoms in total. The van der Waals surface area contributed by atoms with Crippen molar-refractivity contribution < 1.29 is 8.42 Å². The normalized spacial score (nSPS) is 12.0. The first-order valence-electron chi connectivity index (χ1n) is 8.83. The van der Waals surface area contributed by atoms with Crippen LogP contribution in [0, 0.1) is 0 Å². The van der Waals surface area contributed by atoms with E-state index >= 15 is 0 Å². The van der Waals surface area contributed by atoms with Gasteiger partial charge in [0, 0.05) is 25.6 Å². The van der Waals surface area contributed by atoms with Gasteiger partial charge in [-0.25, -0.2) is 18.5 Å². The Morgan fingerprint density at radius 3 is 2.54 bits per heavy atom. The van der Waals surface area contributed by atoms with Crippen molar-refractivity contribution in [3.63, 3.8) is 0 Å². The minimum absolute atomic E-state index is 0. The molecule has 0 amide bonds. The van der Waals surface area contributed by atoms with Gasteiger partial charge in [-0.05, 0) is 31.5 Å². The van der Waals surface area contributed by atoms with Crippen LogP contribution in [0.1, 0.15) is 32.2 Å². The molecule has 0 aliphatic rings. The summed E-state index contributed by atoms with van der Waals surface area (Å²) in [4.78, 5) is 4.65. The Balaban J connectivity index is 0.00000392. The van der Waals surface area contributed by atoms with Crippen LogP contribution < -0.4 is 15.8 Å². The number of primary sulfonamides is 1. The minimum Gasteiger partial charge on any atom is -0.355 e. The number of nitrogens with one attached hydrogen (secondary N) is 2. The van der Waals surface area contributed by atoms with Crippen molar-refractivity contribution in [1.82, 2.24) is 25.4 Å². The van der Waals surface area contributed by atoms with Crippen molar-refractivity contribution in [3.8, 4) is 0 Å². The SMILES string of the molecule is CCc1nncn1CCNC(=NCc1ccc(S(N)(=O)=O)cc1)NC(C)C.I. The highest BCUT2D eigenvalue weighted by atomic mass is 127. The molecule has 1 heterocycles. The monoisotopic (exact) mass is 521 g/mol. The topological polar surface area (TPSA) is 127 Å². The lowest BCUT2D eigenvalue weighted by molar-refractivity contribution is 0.597. The van der Waals surface area contributed by atoms with E-state index in [1.54, 1.807) is 18.5 Å². The number of guanidine groups is 1. The molecule has 0 spiro atoms. The molecule has 0 saturated heterocycles. The van der Waals surface area contributed by atoms with Crippen LogP contribution in [0.25, 0.3) is 0 Å². The predicted molar refractivity (Wildman–Crippen MR) is 120 cm³/mol. The Bertz CT molecular complexity index is 864. The number of aliphatic imine (C=N–C) groups is 1. The van der Waals surface area contributed by atoms with Crippen molar-refractivity contribution in [1.29, 1.82) is 0 Å². The Hall–Kier alpha value is -1.73. The molecule has 2 aromatic rings. The van der Waals surface area contributed by atoms with Gasteiger partial charge in [0.25, 0.3) is 0 Å². The lowest BCUT2D eigenvalue weighted by Crippen LogP contribution is -2.42. The Morgan fingerprint density at radius 1 is 1.29 bits per heavy atom. The van der Waals surface area contributed by atoms with Gasteiger partial charge in [-0.15, -0.1) is 34.2 Å². The molecule has 0 fully saturated rings. The number of rotatable bonds is 8. The summed E-state index contributed by atoms with van der Waals surface area (Å²) in [5.41, 5.74) is 0.888. The molecular formula is C17H28IN7O2S. The standard InChI is InChI=1S/C17H27N7O2S.HI/c1-4-16-23-21-12-24(16)10-9-19-17(22-13(2)3)20-11-14-5-7-15(8-6-14)27(18,25)26;/h5-8,12-13H,4,9-11H2,1-3H3,(H2,18,25,26)(H2,19,20,22);1H. The molecule has 0 saturated carbocycles. The number of halogens is 1. The van der Waals surface area contributed by atoms with Crippen molar-refractivity contribution in [2.24, 2.45) is 10.1 Å². The third kappa shape index (κ3) is 7.72. The molecule has 1 aromatic heterocycles. The number of nitrogens with zero attached hydrogens (tertiary/aromatic N) is 4. The molecule has 4 N–H and O–H groups in total. The van der Waals surface area contributed by atoms with E-state index in [4.69, 9.17) is 5.14 Å². The van der Waals surface area contributed by atoms with Crippen LogP contribution >= 0.6 is 24.0 Å². The first-order chi connectivity index (χ1) is 12.8. The number of aromatic nitrogens is 3. The van der Waals surface area contributed by atoms with Crippen LogP contribution in [0.15, 0.2) is 40.5 Å². The highest BCUT2D eigenvalue weighted by Gasteiger charge is 2.07. The van der Waals surface area contributed by atoms with E-state index in [0.717, 1.165) is 24.4 Å². The molecule has 1 aromatic carbocycles. The van der Waals surface area contributed by atoms with Crippen molar-refractivity contribution in [3.05, 3.63) is 42.0 Å². The summed E-state index contributed by atoms with van der Waals surface area (Å²) in [6, 6.07) is 6.62. The summed E-state index contributed by atoms with van der Waals surface area (Å²) >= 11 is 0. The molecule has 11 heteroatoms. The number of hydrogen-bond acceptors (Lipinski definition) is 5. The van der Waals surface area contributed by atoms with Crippen molar-refractivity contribution in [2.75, 3.05) is 6.54 Å². The lowest BCUT2D eigenvalue weighted by Gasteiger charge is -2.15. The number of sulfonamides is 1. The predicted octanol–water partition coefficient (Wildman–Crippen LogP) is 1.25. The van der Waals surface area contributed by atoms with E-state index in [1.807, 2.05) is 25.3 Å². The summed E-state index contributed by atoms with van der Waals surface area (Å²) in [7, 11) is -3.68. The number of nitrogens with two attached hydrogens (primary N) is 1. The van der Waals surface area contributed by atoms with E-state index in [2.05, 4.69) is 25.8 Å². The second-order valence-electron chi connectivity index (χ2n) is 6.37. The number of benzene rings is 1. The zero-order chi connectivity index (χ0) is 19.9. The zero-order valence-corrected chi connectivity index (χ0v) is 19.4. The molecule has 0 aliphatic carbocycles. The average molecular weight is 521 g/mol. The Kier molecular flexibility index (Phi) is 9.82. The third-order valence-electron chi connectivity index (χ3n) is 3.75. The fourth-order valence-electron chi connectivity index (χ4n) is 2.42. The van der Waals surface area contributed by atoms with Gasteiger partial charge in [-0.2, -0.15) is 0 Å². The first-order valence-corrected chi connectivity index (χ1v) is 10.4. The van der Waals surface area contributed by atoms with Crippen LogP contribution in [0.5, 0.6) is 0 Å². The van der Waals surface area contributed by atoms with Gasteiger partial charge < -0.3 is 15.2 Å². The van der Waals surface area contributed by atoms with Crippen LogP contribution in [-0.2, 0) is 29.5 Å². The van der Waals surface area contributed by atoms with Crippen LogP contribution in [0.2, 0.25) is 0 Å². The molecular weight excluding hydrogens is 493 g/mol. The fraction of sp³-hybridized carbons (Fsp3) is 0.471. The fourth-order valence-corrected chi connectivity index (χ4v) is 2.93. The maximum absolute atomic E-state index is 11.3. The van der Waals surface area contributed by atoms with Crippen molar-refractivity contribution >= 4 is 40.0 Å². The van der Waals surface area contributed by atoms with E-state index in [1.165, 1.54) is 12.1 Å². The summed E-state index contributed by atoms with van der Waals surface area (Å²) in [6.45, 7) is 7.94. The minimum atomic E-state index is -3.68. The largest absolute Gasteiger partial charge is 0.355 e. The highest BCUT2D eigenvalue weighted by Crippen LogP contribution is 2.09. The van der Waals surface area contributed by atoms with Gasteiger partial charge in [0.2, 0.25) is 10.0 Å². The first kappa shape index (κ1) is 24.3. The zero-order valence-electron chi connectivity index (χ0n) is 16.3. The summed E-state index contributed by atoms with van der Waals surface area (Å²) in [5.74, 6) is 1.63. The average Bonchev–Trinajstić information content (AvgIpc) is 3.06. The van der Waals surface area contributed by atoms with E-state index < -0.39 is 10.0 Å². The van der Waals surface area contributed by atoms with Crippen molar-refractivity contribution in [2.45, 2.75) is 51.2 Å². The second kappa shape index (κ2) is 11.3. The van der Waals surface area contributed by atoms with Crippen LogP contribution in [0.3, 0.4) is 0 Å². The molecule has 0 aliphatic heterocycles. The van der Waals surface area contributed by atoms with E-state index in [-0.39, 0.29) is 34.9 Å². The summed E-state index contributed by atoms with van der Waals surface area (Å²) < 4.78 is 24.6. The quantitative estimate of drug-likeness (QED) is 0.273. The van der Waals surface area contributed by atoms with Gasteiger partial charge in [0.1, 0.15) is 12.2 Å². The molecule has 156 valence electrons. The maximum atomic E-state index is 11.3. The van der Waals surface area contributed by atoms with Crippen LogP contribution in [0.4, 0.5) is 0 Å². The Labute approximate surface area is 183 Å². The molecule has 28 heavy (non-hydrogen) atoms. The summed E-state index contributed by atoms with van der Waals surface area (Å²) in [6.07, 6.45) is 2.56. The number of aryl methyl sites for hydroxylation is 1. The molecule has 0 bridgehead atoms. The number of hydrogen-bond donors (Lipinski definition) is 3. The van der Waals surface area contributed by atoms with E-state index in [0.29, 0.717) is 19.0 Å². The van der Waals surface area contributed by atoms with Gasteiger partial charge >= 0.3 is 0 Å². The molecule has 2 rings (SSSR count). The lowest BCUT2D eigenvalue weighted by atomic mass is 10.2. The summed E-state index contributed by atoms with van der Waals surface area (Å²) in [5, 5.41) is 19.7.